The van der Waals surface area contributed by atoms with Crippen molar-refractivity contribution in [1.82, 2.24) is 10.5 Å². The largest absolute Gasteiger partial charge is 0.501 e. The van der Waals surface area contributed by atoms with Gasteiger partial charge in [0.25, 0.3) is 0 Å². The highest BCUT2D eigenvalue weighted by Gasteiger charge is 2.11. The minimum atomic E-state index is -0.346. The Kier molecular flexibility index (Phi) is 20.7. The van der Waals surface area contributed by atoms with Crippen LogP contribution in [0.15, 0.2) is 53.1 Å². The molecule has 1 aromatic rings. The SMILES string of the molecule is C=N/C(=C\C=C(/C)OC)N(CCCCCCC(=O)NO)c1ccccn1.CC.CC. The van der Waals surface area contributed by atoms with Gasteiger partial charge in [0.05, 0.1) is 12.9 Å². The molecule has 0 bridgehead atoms. The Labute approximate surface area is 182 Å². The Bertz CT molecular complexity index is 616. The van der Waals surface area contributed by atoms with Crippen LogP contribution in [-0.4, -0.2) is 36.5 Å². The Morgan fingerprint density at radius 3 is 2.40 bits per heavy atom. The van der Waals surface area contributed by atoms with Crippen LogP contribution in [-0.2, 0) is 9.53 Å². The number of hydrogen-bond acceptors (Lipinski definition) is 6. The lowest BCUT2D eigenvalue weighted by Gasteiger charge is -2.23. The van der Waals surface area contributed by atoms with Gasteiger partial charge in [-0.25, -0.2) is 15.5 Å². The van der Waals surface area contributed by atoms with Crippen LogP contribution in [0.4, 0.5) is 5.82 Å². The second-order valence-corrected chi connectivity index (χ2v) is 5.70. The van der Waals surface area contributed by atoms with E-state index in [4.69, 9.17) is 9.94 Å². The van der Waals surface area contributed by atoms with Crippen molar-refractivity contribution < 1.29 is 14.7 Å². The molecule has 2 N–H and O–H groups in total. The fraction of sp³-hybridized carbons (Fsp3) is 0.522. The van der Waals surface area contributed by atoms with E-state index in [1.807, 2.05) is 69.9 Å². The second kappa shape index (κ2) is 21.0. The average molecular weight is 421 g/mol. The summed E-state index contributed by atoms with van der Waals surface area (Å²) in [6, 6.07) is 5.73. The number of carbonyl (C=O) groups excluding carboxylic acids is 1. The molecule has 0 spiro atoms. The van der Waals surface area contributed by atoms with E-state index >= 15 is 0 Å². The van der Waals surface area contributed by atoms with Crippen molar-refractivity contribution in [2.24, 2.45) is 4.99 Å². The molecule has 7 heteroatoms. The minimum absolute atomic E-state index is 0.334. The van der Waals surface area contributed by atoms with E-state index in [2.05, 4.69) is 16.7 Å². The van der Waals surface area contributed by atoms with Gasteiger partial charge in [-0.3, -0.25) is 10.0 Å². The summed E-state index contributed by atoms with van der Waals surface area (Å²) in [5, 5.41) is 8.48. The quantitative estimate of drug-likeness (QED) is 0.117. The third-order valence-corrected chi connectivity index (χ3v) is 3.81. The topological polar surface area (TPSA) is 87.0 Å². The molecule has 1 rings (SSSR count). The number of pyridine rings is 1. The van der Waals surface area contributed by atoms with E-state index in [0.29, 0.717) is 12.2 Å². The molecule has 0 saturated carbocycles. The predicted octanol–water partition coefficient (Wildman–Crippen LogP) is 5.49. The van der Waals surface area contributed by atoms with E-state index in [1.165, 1.54) is 0 Å². The van der Waals surface area contributed by atoms with Gasteiger partial charge < -0.3 is 9.64 Å². The fourth-order valence-corrected chi connectivity index (χ4v) is 2.31. The number of nitrogens with zero attached hydrogens (tertiary/aromatic N) is 3. The monoisotopic (exact) mass is 420 g/mol. The van der Waals surface area contributed by atoms with Crippen LogP contribution in [0.3, 0.4) is 0 Å². The molecule has 170 valence electrons. The number of hydroxylamine groups is 1. The van der Waals surface area contributed by atoms with Crippen molar-refractivity contribution in [3.8, 4) is 0 Å². The summed E-state index contributed by atoms with van der Waals surface area (Å²) in [5.74, 6) is 1.92. The fourth-order valence-electron chi connectivity index (χ4n) is 2.31. The normalized spacial score (nSPS) is 10.6. The lowest BCUT2D eigenvalue weighted by molar-refractivity contribution is -0.129. The maximum Gasteiger partial charge on any atom is 0.243 e. The first-order valence-corrected chi connectivity index (χ1v) is 10.6. The van der Waals surface area contributed by atoms with Crippen molar-refractivity contribution in [3.63, 3.8) is 0 Å². The Balaban J connectivity index is 0. The summed E-state index contributed by atoms with van der Waals surface area (Å²) in [7, 11) is 1.62. The Hall–Kier alpha value is -2.67. The van der Waals surface area contributed by atoms with Crippen LogP contribution >= 0.6 is 0 Å². The highest BCUT2D eigenvalue weighted by atomic mass is 16.5. The number of ether oxygens (including phenoxy) is 1. The van der Waals surface area contributed by atoms with Crippen LogP contribution in [0.2, 0.25) is 0 Å². The number of amides is 1. The zero-order chi connectivity index (χ0) is 23.2. The van der Waals surface area contributed by atoms with Crippen molar-refractivity contribution in [2.75, 3.05) is 18.6 Å². The molecule has 0 aliphatic carbocycles. The van der Waals surface area contributed by atoms with Gasteiger partial charge in [0.2, 0.25) is 5.91 Å². The molecule has 1 amide bonds. The number of unbranched alkanes of at least 4 members (excludes halogenated alkanes) is 3. The molecule has 0 saturated heterocycles. The van der Waals surface area contributed by atoms with Gasteiger partial charge in [-0.05, 0) is 50.8 Å². The molecule has 0 aromatic carbocycles. The van der Waals surface area contributed by atoms with Gasteiger partial charge in [-0.1, -0.05) is 46.6 Å². The lowest BCUT2D eigenvalue weighted by Crippen LogP contribution is -2.23. The molecular weight excluding hydrogens is 380 g/mol. The number of hydrogen-bond donors (Lipinski definition) is 2. The van der Waals surface area contributed by atoms with E-state index in [9.17, 15) is 4.79 Å². The molecule has 0 radical (unpaired) electrons. The summed E-state index contributed by atoms with van der Waals surface area (Å²) in [6.45, 7) is 14.3. The van der Waals surface area contributed by atoms with Crippen molar-refractivity contribution >= 4 is 18.4 Å². The molecule has 1 heterocycles. The maximum atomic E-state index is 11.0. The Morgan fingerprint density at radius 2 is 1.87 bits per heavy atom. The first-order valence-electron chi connectivity index (χ1n) is 10.6. The van der Waals surface area contributed by atoms with Crippen LogP contribution in [0.25, 0.3) is 0 Å². The molecule has 0 aliphatic heterocycles. The first kappa shape index (κ1) is 29.5. The zero-order valence-electron chi connectivity index (χ0n) is 19.5. The maximum absolute atomic E-state index is 11.0. The number of nitrogens with one attached hydrogen (secondary N) is 1. The van der Waals surface area contributed by atoms with Crippen LogP contribution < -0.4 is 10.4 Å². The molecule has 0 atom stereocenters. The van der Waals surface area contributed by atoms with Gasteiger partial charge >= 0.3 is 0 Å². The van der Waals surface area contributed by atoms with Gasteiger partial charge in [-0.2, -0.15) is 0 Å². The van der Waals surface area contributed by atoms with E-state index in [1.54, 1.807) is 18.8 Å². The number of rotatable bonds is 12. The standard InChI is InChI=1S/C19H28N4O3.2C2H6/c1-16(26-3)12-13-17(20-2)23(18-10-7-8-14-21-18)15-9-5-4-6-11-19(24)22-25;2*1-2/h7-8,10,12-14,25H,2,4-6,9,11,15H2,1,3H3,(H,22,24);2*1-2H3/b16-12+,17-13+;;. The first-order chi connectivity index (χ1) is 14.6. The highest BCUT2D eigenvalue weighted by Crippen LogP contribution is 2.19. The van der Waals surface area contributed by atoms with E-state index < -0.39 is 0 Å². The highest BCUT2D eigenvalue weighted by molar-refractivity contribution is 5.74. The van der Waals surface area contributed by atoms with Gasteiger partial charge in [0.1, 0.15) is 11.6 Å². The summed E-state index contributed by atoms with van der Waals surface area (Å²) in [6.07, 6.45) is 9.30. The average Bonchev–Trinajstić information content (AvgIpc) is 2.82. The summed E-state index contributed by atoms with van der Waals surface area (Å²) < 4.78 is 5.15. The van der Waals surface area contributed by atoms with E-state index in [-0.39, 0.29) is 5.91 Å². The number of methoxy groups -OCH3 is 1. The van der Waals surface area contributed by atoms with Crippen molar-refractivity contribution in [3.05, 3.63) is 48.1 Å². The number of carbonyl (C=O) groups is 1. The molecular formula is C23H40N4O3. The van der Waals surface area contributed by atoms with Crippen LogP contribution in [0.5, 0.6) is 0 Å². The van der Waals surface area contributed by atoms with Crippen LogP contribution in [0, 0.1) is 0 Å². The third-order valence-electron chi connectivity index (χ3n) is 3.81. The molecule has 0 fully saturated rings. The minimum Gasteiger partial charge on any atom is -0.501 e. The zero-order valence-corrected chi connectivity index (χ0v) is 19.5. The Morgan fingerprint density at radius 1 is 1.20 bits per heavy atom. The molecule has 30 heavy (non-hydrogen) atoms. The van der Waals surface area contributed by atoms with E-state index in [0.717, 1.165) is 43.8 Å². The number of anilines is 1. The van der Waals surface area contributed by atoms with Crippen molar-refractivity contribution in [1.29, 1.82) is 0 Å². The third kappa shape index (κ3) is 13.5. The summed E-state index contributed by atoms with van der Waals surface area (Å²) >= 11 is 0. The second-order valence-electron chi connectivity index (χ2n) is 5.70. The van der Waals surface area contributed by atoms with Gasteiger partial charge in [0, 0.05) is 19.2 Å². The number of allylic oxidation sites excluding steroid dienone is 3. The molecule has 1 aromatic heterocycles. The molecule has 7 nitrogen and oxygen atoms in total. The smallest absolute Gasteiger partial charge is 0.243 e. The molecule has 0 unspecified atom stereocenters. The lowest BCUT2D eigenvalue weighted by atomic mass is 10.1. The van der Waals surface area contributed by atoms with Gasteiger partial charge in [-0.15, -0.1) is 0 Å². The number of aromatic nitrogens is 1. The molecule has 0 aliphatic rings. The summed E-state index contributed by atoms with van der Waals surface area (Å²) in [4.78, 5) is 21.6. The number of aliphatic imine (C=N–C) groups is 1. The van der Waals surface area contributed by atoms with Gasteiger partial charge in [0.15, 0.2) is 0 Å². The van der Waals surface area contributed by atoms with Crippen molar-refractivity contribution in [2.45, 2.75) is 66.7 Å². The summed E-state index contributed by atoms with van der Waals surface area (Å²) in [5.41, 5.74) is 1.65. The predicted molar refractivity (Wildman–Crippen MR) is 126 cm³/mol. The van der Waals surface area contributed by atoms with Crippen LogP contribution in [0.1, 0.15) is 66.7 Å².